The van der Waals surface area contributed by atoms with Crippen molar-refractivity contribution in [2.75, 3.05) is 39.3 Å². The Bertz CT molecular complexity index is 640. The average molecular weight is 366 g/mol. The number of hydrogen-bond acceptors (Lipinski definition) is 4. The summed E-state index contributed by atoms with van der Waals surface area (Å²) in [6.45, 7) is 2.94. The molecule has 1 heterocycles. The summed E-state index contributed by atoms with van der Waals surface area (Å²) in [4.78, 5) is 28.8. The largest absolute Gasteiger partial charge is 0.491 e. The molecule has 2 fully saturated rings. The molecule has 0 spiro atoms. The molecule has 0 radical (unpaired) electrons. The van der Waals surface area contributed by atoms with Gasteiger partial charge < -0.3 is 20.3 Å². The smallest absolute Gasteiger partial charge is 0.257 e. The summed E-state index contributed by atoms with van der Waals surface area (Å²) in [5.74, 6) is 0.817. The van der Waals surface area contributed by atoms with Gasteiger partial charge in [-0.25, -0.2) is 0 Å². The minimum absolute atomic E-state index is 0.120. The minimum atomic E-state index is -0.120. The number of nitrogens with two attached hydrogens (primary N) is 1. The maximum atomic E-state index is 12.9. The molecular formula is C18H24ClN3O3. The van der Waals surface area contributed by atoms with Gasteiger partial charge in [-0.05, 0) is 31.0 Å². The molecule has 25 heavy (non-hydrogen) atoms. The molecule has 136 valence electrons. The van der Waals surface area contributed by atoms with E-state index in [0.29, 0.717) is 55.7 Å². The van der Waals surface area contributed by atoms with Crippen LogP contribution in [0.1, 0.15) is 29.6 Å². The third kappa shape index (κ3) is 4.07. The van der Waals surface area contributed by atoms with E-state index in [1.807, 2.05) is 4.90 Å². The zero-order valence-corrected chi connectivity index (χ0v) is 15.0. The Kier molecular flexibility index (Phi) is 5.81. The molecule has 2 amide bonds. The molecule has 2 aliphatic rings. The van der Waals surface area contributed by atoms with Crippen LogP contribution in [-0.4, -0.2) is 60.9 Å². The molecule has 7 heteroatoms. The van der Waals surface area contributed by atoms with Gasteiger partial charge in [0.1, 0.15) is 12.4 Å². The zero-order chi connectivity index (χ0) is 17.8. The molecule has 0 unspecified atom stereocenters. The van der Waals surface area contributed by atoms with Crippen LogP contribution in [0.4, 0.5) is 0 Å². The van der Waals surface area contributed by atoms with E-state index in [1.54, 1.807) is 23.1 Å². The first-order valence-electron chi connectivity index (χ1n) is 8.80. The topological polar surface area (TPSA) is 75.9 Å². The summed E-state index contributed by atoms with van der Waals surface area (Å²) in [7, 11) is 0. The fourth-order valence-electron chi connectivity index (χ4n) is 3.18. The Morgan fingerprint density at radius 2 is 1.84 bits per heavy atom. The Balaban J connectivity index is 1.64. The van der Waals surface area contributed by atoms with E-state index >= 15 is 0 Å². The lowest BCUT2D eigenvalue weighted by atomic mass is 9.84. The molecule has 6 nitrogen and oxygen atoms in total. The van der Waals surface area contributed by atoms with E-state index in [4.69, 9.17) is 22.1 Å². The Hall–Kier alpha value is -1.79. The average Bonchev–Trinajstić information content (AvgIpc) is 2.58. The molecule has 0 atom stereocenters. The lowest BCUT2D eigenvalue weighted by Gasteiger charge is -2.38. The molecule has 0 aromatic heterocycles. The van der Waals surface area contributed by atoms with Gasteiger partial charge in [0.2, 0.25) is 5.91 Å². The van der Waals surface area contributed by atoms with Crippen molar-refractivity contribution in [2.45, 2.75) is 19.3 Å². The molecule has 1 saturated carbocycles. The number of carbonyl (C=O) groups is 2. The van der Waals surface area contributed by atoms with E-state index < -0.39 is 0 Å². The number of benzene rings is 1. The third-order valence-corrected chi connectivity index (χ3v) is 5.12. The monoisotopic (exact) mass is 365 g/mol. The zero-order valence-electron chi connectivity index (χ0n) is 14.2. The van der Waals surface area contributed by atoms with Gasteiger partial charge in [-0.2, -0.15) is 0 Å². The maximum Gasteiger partial charge on any atom is 0.257 e. The molecule has 2 N–H and O–H groups in total. The van der Waals surface area contributed by atoms with Crippen LogP contribution in [-0.2, 0) is 4.79 Å². The second-order valence-electron chi connectivity index (χ2n) is 6.52. The summed E-state index contributed by atoms with van der Waals surface area (Å²) in [5, 5.41) is 0.488. The number of ether oxygens (including phenoxy) is 1. The van der Waals surface area contributed by atoms with Crippen LogP contribution in [0.5, 0.6) is 5.75 Å². The summed E-state index contributed by atoms with van der Waals surface area (Å²) in [6.07, 6.45) is 3.15. The summed E-state index contributed by atoms with van der Waals surface area (Å²) in [6, 6.07) is 5.02. The fraction of sp³-hybridized carbons (Fsp3) is 0.556. The number of amides is 2. The number of rotatable bonds is 5. The van der Waals surface area contributed by atoms with E-state index in [9.17, 15) is 9.59 Å². The molecule has 1 aromatic rings. The number of hydrogen-bond donors (Lipinski definition) is 1. The highest BCUT2D eigenvalue weighted by molar-refractivity contribution is 6.31. The van der Waals surface area contributed by atoms with Crippen LogP contribution in [0.15, 0.2) is 18.2 Å². The predicted molar refractivity (Wildman–Crippen MR) is 95.8 cm³/mol. The van der Waals surface area contributed by atoms with Crippen molar-refractivity contribution < 1.29 is 14.3 Å². The van der Waals surface area contributed by atoms with Crippen LogP contribution >= 0.6 is 11.6 Å². The van der Waals surface area contributed by atoms with Crippen molar-refractivity contribution in [2.24, 2.45) is 11.7 Å². The molecule has 1 aliphatic heterocycles. The van der Waals surface area contributed by atoms with Gasteiger partial charge in [0.25, 0.3) is 5.91 Å². The van der Waals surface area contributed by atoms with Crippen LogP contribution < -0.4 is 10.5 Å². The Labute approximate surface area is 152 Å². The first-order chi connectivity index (χ1) is 12.1. The molecule has 0 bridgehead atoms. The molecular weight excluding hydrogens is 342 g/mol. The molecule has 1 saturated heterocycles. The predicted octanol–water partition coefficient (Wildman–Crippen LogP) is 1.76. The first kappa shape index (κ1) is 18.0. The fourth-order valence-corrected chi connectivity index (χ4v) is 3.35. The number of halogens is 1. The van der Waals surface area contributed by atoms with Crippen molar-refractivity contribution in [3.63, 3.8) is 0 Å². The van der Waals surface area contributed by atoms with Gasteiger partial charge in [0, 0.05) is 43.7 Å². The molecule has 3 rings (SSSR count). The van der Waals surface area contributed by atoms with Gasteiger partial charge >= 0.3 is 0 Å². The summed E-state index contributed by atoms with van der Waals surface area (Å²) < 4.78 is 5.57. The lowest BCUT2D eigenvalue weighted by Crippen LogP contribution is -2.52. The van der Waals surface area contributed by atoms with Crippen LogP contribution in [0.2, 0.25) is 5.02 Å². The van der Waals surface area contributed by atoms with Gasteiger partial charge in [-0.15, -0.1) is 0 Å². The number of carbonyl (C=O) groups excluding carboxylic acids is 2. The van der Waals surface area contributed by atoms with Gasteiger partial charge in [-0.1, -0.05) is 18.0 Å². The minimum Gasteiger partial charge on any atom is -0.491 e. The van der Waals surface area contributed by atoms with Crippen molar-refractivity contribution in [3.05, 3.63) is 28.8 Å². The molecule has 1 aromatic carbocycles. The molecule has 1 aliphatic carbocycles. The normalized spacial score (nSPS) is 18.0. The second-order valence-corrected chi connectivity index (χ2v) is 6.96. The SMILES string of the molecule is NCCOc1ccc(Cl)cc1C(=O)N1CCN(C(=O)C2CCC2)CC1. The van der Waals surface area contributed by atoms with Crippen molar-refractivity contribution in [1.29, 1.82) is 0 Å². The van der Waals surface area contributed by atoms with E-state index in [-0.39, 0.29) is 17.7 Å². The van der Waals surface area contributed by atoms with Gasteiger partial charge in [0.15, 0.2) is 0 Å². The van der Waals surface area contributed by atoms with E-state index in [2.05, 4.69) is 0 Å². The van der Waals surface area contributed by atoms with Gasteiger partial charge in [0.05, 0.1) is 5.56 Å². The van der Waals surface area contributed by atoms with Crippen molar-refractivity contribution in [1.82, 2.24) is 9.80 Å². The van der Waals surface area contributed by atoms with Crippen LogP contribution in [0.25, 0.3) is 0 Å². The number of piperazine rings is 1. The Morgan fingerprint density at radius 3 is 2.44 bits per heavy atom. The highest BCUT2D eigenvalue weighted by Gasteiger charge is 2.32. The third-order valence-electron chi connectivity index (χ3n) is 4.88. The van der Waals surface area contributed by atoms with E-state index in [1.165, 1.54) is 0 Å². The van der Waals surface area contributed by atoms with Crippen LogP contribution in [0.3, 0.4) is 0 Å². The summed E-state index contributed by atoms with van der Waals surface area (Å²) in [5.41, 5.74) is 5.92. The summed E-state index contributed by atoms with van der Waals surface area (Å²) >= 11 is 6.05. The van der Waals surface area contributed by atoms with Crippen molar-refractivity contribution >= 4 is 23.4 Å². The number of nitrogens with zero attached hydrogens (tertiary/aromatic N) is 2. The van der Waals surface area contributed by atoms with E-state index in [0.717, 1.165) is 19.3 Å². The Morgan fingerprint density at radius 1 is 1.16 bits per heavy atom. The van der Waals surface area contributed by atoms with Crippen molar-refractivity contribution in [3.8, 4) is 5.75 Å². The quantitative estimate of drug-likeness (QED) is 0.862. The highest BCUT2D eigenvalue weighted by Crippen LogP contribution is 2.29. The highest BCUT2D eigenvalue weighted by atomic mass is 35.5. The first-order valence-corrected chi connectivity index (χ1v) is 9.18. The van der Waals surface area contributed by atoms with Gasteiger partial charge in [-0.3, -0.25) is 9.59 Å². The standard InChI is InChI=1S/C18H24ClN3O3/c19-14-4-5-16(25-11-6-20)15(12-14)18(24)22-9-7-21(8-10-22)17(23)13-2-1-3-13/h4-5,12-13H,1-3,6-11,20H2. The lowest BCUT2D eigenvalue weighted by molar-refractivity contribution is -0.139. The second kappa shape index (κ2) is 8.06. The maximum absolute atomic E-state index is 12.9. The van der Waals surface area contributed by atoms with Crippen LogP contribution in [0, 0.1) is 5.92 Å².